The highest BCUT2D eigenvalue weighted by atomic mass is 16.6. The van der Waals surface area contributed by atoms with E-state index in [0.717, 1.165) is 161 Å². The lowest BCUT2D eigenvalue weighted by Crippen LogP contribution is -2.30. The second-order valence-corrected chi connectivity index (χ2v) is 20.2. The zero-order valence-corrected chi connectivity index (χ0v) is 51.5. The summed E-state index contributed by atoms with van der Waals surface area (Å²) in [7, 11) is 0. The first-order chi connectivity index (χ1) is 40.0. The Morgan fingerprint density at radius 2 is 0.494 bits per heavy atom. The molecule has 0 aromatic rings. The van der Waals surface area contributed by atoms with E-state index in [4.69, 9.17) is 14.2 Å². The fourth-order valence-electron chi connectivity index (χ4n) is 7.85. The average molecular weight is 1110 g/mol. The fraction of sp³-hybridized carbons (Fsp3) is 0.533. The Bertz CT molecular complexity index is 1950. The van der Waals surface area contributed by atoms with Crippen LogP contribution in [-0.4, -0.2) is 37.2 Å². The lowest BCUT2D eigenvalue weighted by Gasteiger charge is -2.18. The van der Waals surface area contributed by atoms with Crippen molar-refractivity contribution in [3.05, 3.63) is 194 Å². The first kappa shape index (κ1) is 75.2. The van der Waals surface area contributed by atoms with Gasteiger partial charge in [-0.2, -0.15) is 0 Å². The summed E-state index contributed by atoms with van der Waals surface area (Å²) in [5.74, 6) is -1.04. The molecule has 0 spiro atoms. The molecule has 0 bridgehead atoms. The molecule has 1 unspecified atom stereocenters. The zero-order chi connectivity index (χ0) is 58.5. The van der Waals surface area contributed by atoms with Gasteiger partial charge in [-0.05, 0) is 161 Å². The Balaban J connectivity index is 4.56. The zero-order valence-electron chi connectivity index (χ0n) is 51.5. The molecule has 0 amide bonds. The maximum Gasteiger partial charge on any atom is 0.306 e. The minimum absolute atomic E-state index is 0.127. The van der Waals surface area contributed by atoms with E-state index in [-0.39, 0.29) is 44.0 Å². The van der Waals surface area contributed by atoms with Crippen molar-refractivity contribution >= 4 is 17.9 Å². The van der Waals surface area contributed by atoms with Gasteiger partial charge in [-0.15, -0.1) is 0 Å². The van der Waals surface area contributed by atoms with Crippen LogP contribution in [0, 0.1) is 0 Å². The molecule has 1 atom stereocenters. The molecule has 0 aliphatic rings. The van der Waals surface area contributed by atoms with Gasteiger partial charge in [0.1, 0.15) is 13.2 Å². The Hall–Kier alpha value is -5.75. The van der Waals surface area contributed by atoms with Crippen LogP contribution in [0.2, 0.25) is 0 Å². The number of rotatable bonds is 55. The van der Waals surface area contributed by atoms with Crippen molar-refractivity contribution in [1.82, 2.24) is 0 Å². The van der Waals surface area contributed by atoms with E-state index in [2.05, 4.69) is 215 Å². The summed E-state index contributed by atoms with van der Waals surface area (Å²) in [6.45, 7) is 6.28. The number of esters is 3. The SMILES string of the molecule is CC/C=C\C/C=C\C/C=C\C/C=C\C/C=C\C/C=C\C/C=C\C/C=C\C/C=C\CCCC(=O)OCC(COC(=O)CCCCCCC/C=C\C/C=C\CCCCC)OC(=O)CCCCC/C=C\C/C=C\C/C=C\C/C=C\C/C=C\CC. The van der Waals surface area contributed by atoms with E-state index >= 15 is 0 Å². The number of unbranched alkanes of at least 4 members (excludes halogenated alkanes) is 12. The molecule has 6 heteroatoms. The summed E-state index contributed by atoms with van der Waals surface area (Å²) in [4.78, 5) is 38.3. The normalized spacial score (nSPS) is 13.5. The van der Waals surface area contributed by atoms with Crippen molar-refractivity contribution in [2.45, 2.75) is 245 Å². The summed E-state index contributed by atoms with van der Waals surface area (Å²) < 4.78 is 16.8. The Morgan fingerprint density at radius 1 is 0.259 bits per heavy atom. The standard InChI is InChI=1S/C75H114O6/c1-4-7-10-13-16-19-22-25-28-30-32-33-34-35-36-37-38-39-40-41-43-44-47-50-53-56-59-62-65-68-74(77)80-71-72(70-79-73(76)67-64-61-58-55-52-49-46-27-24-21-18-15-12-9-6-3)81-75(78)69-66-63-60-57-54-51-48-45-42-31-29-26-23-20-17-14-11-8-5-2/h7-8,10-11,16-21,25-29,32-33,35-36,38-39,41-43,45-47,50-51,54,56,59,72H,4-6,9,12-15,22-24,30-31,34,37,40,44,48-49,52-53,55,57-58,60-71H2,1-3H3/b10-7-,11-8-,19-16-,20-17-,21-18-,28-25-,29-26-,33-32-,36-35-,39-38-,43-41-,45-42-,46-27-,50-47-,54-51-,59-56-. The van der Waals surface area contributed by atoms with Crippen molar-refractivity contribution in [2.75, 3.05) is 13.2 Å². The number of hydrogen-bond acceptors (Lipinski definition) is 6. The van der Waals surface area contributed by atoms with Gasteiger partial charge in [0.05, 0.1) is 0 Å². The highest BCUT2D eigenvalue weighted by molar-refractivity contribution is 5.71. The van der Waals surface area contributed by atoms with E-state index in [9.17, 15) is 14.4 Å². The van der Waals surface area contributed by atoms with Crippen LogP contribution in [-0.2, 0) is 28.6 Å². The minimum Gasteiger partial charge on any atom is -0.462 e. The van der Waals surface area contributed by atoms with Crippen LogP contribution in [0.4, 0.5) is 0 Å². The van der Waals surface area contributed by atoms with E-state index in [1.807, 2.05) is 0 Å². The summed E-state index contributed by atoms with van der Waals surface area (Å²) in [6.07, 6.45) is 101. The van der Waals surface area contributed by atoms with Crippen molar-refractivity contribution in [2.24, 2.45) is 0 Å². The third-order valence-corrected chi connectivity index (χ3v) is 12.6. The van der Waals surface area contributed by atoms with E-state index in [1.54, 1.807) is 0 Å². The van der Waals surface area contributed by atoms with Gasteiger partial charge in [0.2, 0.25) is 0 Å². The average Bonchev–Trinajstić information content (AvgIpc) is 3.47. The summed E-state index contributed by atoms with van der Waals surface area (Å²) in [5.41, 5.74) is 0. The molecule has 0 rings (SSSR count). The van der Waals surface area contributed by atoms with E-state index in [0.29, 0.717) is 19.3 Å². The van der Waals surface area contributed by atoms with Crippen LogP contribution in [0.15, 0.2) is 194 Å². The molecule has 0 aromatic heterocycles. The molecule has 450 valence electrons. The third kappa shape index (κ3) is 64.9. The molecule has 0 N–H and O–H groups in total. The molecule has 0 fully saturated rings. The van der Waals surface area contributed by atoms with Gasteiger partial charge in [-0.3, -0.25) is 14.4 Å². The van der Waals surface area contributed by atoms with Gasteiger partial charge in [0.15, 0.2) is 6.10 Å². The number of hydrogen-bond donors (Lipinski definition) is 0. The van der Waals surface area contributed by atoms with Gasteiger partial charge in [-0.1, -0.05) is 254 Å². The van der Waals surface area contributed by atoms with E-state index in [1.165, 1.54) is 25.7 Å². The Morgan fingerprint density at radius 3 is 0.815 bits per heavy atom. The van der Waals surface area contributed by atoms with Crippen molar-refractivity contribution in [1.29, 1.82) is 0 Å². The molecular formula is C75H114O6. The lowest BCUT2D eigenvalue weighted by molar-refractivity contribution is -0.167. The molecule has 0 aromatic carbocycles. The highest BCUT2D eigenvalue weighted by Gasteiger charge is 2.19. The summed E-state index contributed by atoms with van der Waals surface area (Å²) in [5, 5.41) is 0. The van der Waals surface area contributed by atoms with Gasteiger partial charge in [0, 0.05) is 19.3 Å². The van der Waals surface area contributed by atoms with Gasteiger partial charge >= 0.3 is 17.9 Å². The van der Waals surface area contributed by atoms with Crippen molar-refractivity contribution in [3.63, 3.8) is 0 Å². The van der Waals surface area contributed by atoms with Gasteiger partial charge in [-0.25, -0.2) is 0 Å². The van der Waals surface area contributed by atoms with Crippen LogP contribution < -0.4 is 0 Å². The van der Waals surface area contributed by atoms with E-state index < -0.39 is 6.10 Å². The molecule has 0 radical (unpaired) electrons. The van der Waals surface area contributed by atoms with Gasteiger partial charge in [0.25, 0.3) is 0 Å². The summed E-state index contributed by atoms with van der Waals surface area (Å²) >= 11 is 0. The molecule has 6 nitrogen and oxygen atoms in total. The van der Waals surface area contributed by atoms with Crippen molar-refractivity contribution in [3.8, 4) is 0 Å². The molecule has 81 heavy (non-hydrogen) atoms. The highest BCUT2D eigenvalue weighted by Crippen LogP contribution is 2.12. The molecule has 0 aliphatic carbocycles. The smallest absolute Gasteiger partial charge is 0.306 e. The topological polar surface area (TPSA) is 78.9 Å². The second kappa shape index (κ2) is 66.8. The number of allylic oxidation sites excluding steroid dienone is 32. The van der Waals surface area contributed by atoms with Crippen LogP contribution >= 0.6 is 0 Å². The first-order valence-electron chi connectivity index (χ1n) is 31.9. The summed E-state index contributed by atoms with van der Waals surface area (Å²) in [6, 6.07) is 0. The quantitative estimate of drug-likeness (QED) is 0.0261. The molecule has 0 saturated carbocycles. The number of carbonyl (C=O) groups is 3. The largest absolute Gasteiger partial charge is 0.462 e. The number of carbonyl (C=O) groups excluding carboxylic acids is 3. The van der Waals surface area contributed by atoms with Crippen LogP contribution in [0.5, 0.6) is 0 Å². The monoisotopic (exact) mass is 1110 g/mol. The second-order valence-electron chi connectivity index (χ2n) is 20.2. The fourth-order valence-corrected chi connectivity index (χ4v) is 7.85. The molecule has 0 saturated heterocycles. The maximum absolute atomic E-state index is 12.9. The lowest BCUT2D eigenvalue weighted by atomic mass is 10.1. The van der Waals surface area contributed by atoms with Gasteiger partial charge < -0.3 is 14.2 Å². The molecule has 0 aliphatic heterocycles. The molecule has 0 heterocycles. The minimum atomic E-state index is -0.838. The maximum atomic E-state index is 12.9. The van der Waals surface area contributed by atoms with Crippen LogP contribution in [0.1, 0.15) is 239 Å². The predicted molar refractivity (Wildman–Crippen MR) is 352 cm³/mol. The molecular weight excluding hydrogens is 997 g/mol. The Labute approximate surface area is 497 Å². The Kier molecular flexibility index (Phi) is 62.0. The van der Waals surface area contributed by atoms with Crippen molar-refractivity contribution < 1.29 is 28.6 Å². The van der Waals surface area contributed by atoms with Crippen LogP contribution in [0.25, 0.3) is 0 Å². The number of ether oxygens (including phenoxy) is 3. The predicted octanol–water partition coefficient (Wildman–Crippen LogP) is 22.2. The third-order valence-electron chi connectivity index (χ3n) is 12.6. The van der Waals surface area contributed by atoms with Crippen LogP contribution in [0.3, 0.4) is 0 Å². The first-order valence-corrected chi connectivity index (χ1v) is 31.9.